The Hall–Kier alpha value is -4.66. The zero-order chi connectivity index (χ0) is 31.2. The van der Waals surface area contributed by atoms with Crippen molar-refractivity contribution < 1.29 is 27.5 Å². The van der Waals surface area contributed by atoms with Crippen molar-refractivity contribution in [2.24, 2.45) is 0 Å². The fourth-order valence-corrected chi connectivity index (χ4v) is 4.65. The first-order valence-corrected chi connectivity index (χ1v) is 13.9. The third kappa shape index (κ3) is 8.67. The first kappa shape index (κ1) is 31.3. The lowest BCUT2D eigenvalue weighted by molar-refractivity contribution is -0.144. The maximum atomic E-state index is 13.8. The quantitative estimate of drug-likeness (QED) is 0.359. The number of hydrogen-bond acceptors (Lipinski definition) is 7. The maximum absolute atomic E-state index is 13.8. The topological polar surface area (TPSA) is 120 Å². The molecule has 1 aliphatic rings. The van der Waals surface area contributed by atoms with E-state index in [2.05, 4.69) is 26.7 Å². The van der Waals surface area contributed by atoms with Crippen molar-refractivity contribution in [3.8, 4) is 17.3 Å². The summed E-state index contributed by atoms with van der Waals surface area (Å²) in [6, 6.07) is 16.5. The van der Waals surface area contributed by atoms with Crippen LogP contribution in [0.4, 0.5) is 23.8 Å². The van der Waals surface area contributed by atoms with E-state index in [0.29, 0.717) is 43.5 Å². The number of halogens is 3. The number of hydrogen-bond donors (Lipinski definition) is 2. The Balaban J connectivity index is 1.47. The van der Waals surface area contributed by atoms with Crippen molar-refractivity contribution in [3.63, 3.8) is 0 Å². The van der Waals surface area contributed by atoms with Gasteiger partial charge in [0, 0.05) is 31.3 Å². The smallest absolute Gasteiger partial charge is 0.444 e. The van der Waals surface area contributed by atoms with E-state index >= 15 is 0 Å². The van der Waals surface area contributed by atoms with Crippen molar-refractivity contribution in [2.45, 2.75) is 64.4 Å². The van der Waals surface area contributed by atoms with Gasteiger partial charge in [-0.05, 0) is 63.3 Å². The fraction of sp³-hybridized carbons (Fsp3) is 0.387. The Morgan fingerprint density at radius 1 is 1.02 bits per heavy atom. The van der Waals surface area contributed by atoms with Crippen LogP contribution in [0.25, 0.3) is 11.3 Å². The number of benzene rings is 2. The van der Waals surface area contributed by atoms with Gasteiger partial charge in [-0.15, -0.1) is 0 Å². The highest BCUT2D eigenvalue weighted by Gasteiger charge is 2.38. The molecule has 1 fully saturated rings. The van der Waals surface area contributed by atoms with Gasteiger partial charge < -0.3 is 20.3 Å². The Morgan fingerprint density at radius 2 is 1.70 bits per heavy atom. The number of rotatable bonds is 8. The van der Waals surface area contributed by atoms with Crippen molar-refractivity contribution >= 4 is 17.8 Å². The molecule has 4 rings (SSSR count). The highest BCUT2D eigenvalue weighted by molar-refractivity contribution is 5.85. The van der Waals surface area contributed by atoms with Crippen LogP contribution in [0.2, 0.25) is 0 Å². The summed E-state index contributed by atoms with van der Waals surface area (Å²) in [4.78, 5) is 34.2. The van der Waals surface area contributed by atoms with E-state index < -0.39 is 29.7 Å². The Morgan fingerprint density at radius 3 is 2.33 bits per heavy atom. The summed E-state index contributed by atoms with van der Waals surface area (Å²) >= 11 is 0. The Labute approximate surface area is 248 Å². The van der Waals surface area contributed by atoms with E-state index in [-0.39, 0.29) is 24.0 Å². The van der Waals surface area contributed by atoms with Crippen molar-refractivity contribution in [1.82, 2.24) is 20.6 Å². The first-order valence-electron chi connectivity index (χ1n) is 13.9. The van der Waals surface area contributed by atoms with Gasteiger partial charge in [0.05, 0.1) is 17.3 Å². The number of nitrogens with zero attached hydrogens (tertiary/aromatic N) is 4. The summed E-state index contributed by atoms with van der Waals surface area (Å²) in [6.07, 6.45) is -3.73. The minimum Gasteiger partial charge on any atom is -0.444 e. The van der Waals surface area contributed by atoms with Crippen LogP contribution < -0.4 is 15.5 Å². The molecule has 9 nitrogen and oxygen atoms in total. The summed E-state index contributed by atoms with van der Waals surface area (Å²) in [5.41, 5.74) is 2.06. The van der Waals surface area contributed by atoms with Crippen LogP contribution in [0.15, 0.2) is 54.6 Å². The molecular weight excluding hydrogens is 561 g/mol. The first-order chi connectivity index (χ1) is 20.3. The average molecular weight is 595 g/mol. The lowest BCUT2D eigenvalue weighted by atomic mass is 10.1. The van der Waals surface area contributed by atoms with E-state index in [1.54, 1.807) is 62.1 Å². The second-order valence-electron chi connectivity index (χ2n) is 11.2. The standard InChI is InChI=1S/C31H33F3N6O3/c1-30(2,3)43-29(42)37-19-22-10-12-23(13-11-22)24-17-26(39-28(38-24)31(32,33)34)40-16-4-5-25(40)27(41)36-15-14-20-6-8-21(18-35)9-7-20/h6-13,17,25H,4-5,14-16,19H2,1-3H3,(H,36,41)(H,37,42). The van der Waals surface area contributed by atoms with Gasteiger partial charge in [-0.2, -0.15) is 18.4 Å². The maximum Gasteiger partial charge on any atom is 0.451 e. The highest BCUT2D eigenvalue weighted by Crippen LogP contribution is 2.33. The zero-order valence-electron chi connectivity index (χ0n) is 24.2. The third-order valence-electron chi connectivity index (χ3n) is 6.70. The van der Waals surface area contributed by atoms with E-state index in [1.807, 2.05) is 12.1 Å². The number of carbonyl (C=O) groups excluding carboxylic acids is 2. The summed E-state index contributed by atoms with van der Waals surface area (Å²) in [7, 11) is 0. The molecule has 1 saturated heterocycles. The molecule has 0 radical (unpaired) electrons. The van der Waals surface area contributed by atoms with Crippen molar-refractivity contribution in [2.75, 3.05) is 18.0 Å². The van der Waals surface area contributed by atoms with Crippen LogP contribution in [0.3, 0.4) is 0 Å². The Bertz CT molecular complexity index is 1480. The molecule has 2 aromatic carbocycles. The average Bonchev–Trinajstić information content (AvgIpc) is 3.45. The number of ether oxygens (including phenoxy) is 1. The second kappa shape index (κ2) is 13.1. The van der Waals surface area contributed by atoms with E-state index in [4.69, 9.17) is 10.00 Å². The normalized spacial score (nSPS) is 15.1. The summed E-state index contributed by atoms with van der Waals surface area (Å²) in [5, 5.41) is 14.5. The minimum absolute atomic E-state index is 0.0257. The SMILES string of the molecule is CC(C)(C)OC(=O)NCc1ccc(-c2cc(N3CCCC3C(=O)NCCc3ccc(C#N)cc3)nc(C(F)(F)F)n2)cc1. The fourth-order valence-electron chi connectivity index (χ4n) is 4.65. The molecule has 1 aliphatic heterocycles. The predicted octanol–water partition coefficient (Wildman–Crippen LogP) is 5.39. The molecule has 12 heteroatoms. The van der Waals surface area contributed by atoms with Crippen LogP contribution >= 0.6 is 0 Å². The van der Waals surface area contributed by atoms with Gasteiger partial charge >= 0.3 is 12.3 Å². The van der Waals surface area contributed by atoms with Gasteiger partial charge in [-0.1, -0.05) is 36.4 Å². The number of alkyl carbamates (subject to hydrolysis) is 1. The summed E-state index contributed by atoms with van der Waals surface area (Å²) < 4.78 is 46.8. The molecular formula is C31H33F3N6O3. The number of nitriles is 1. The molecule has 2 N–H and O–H groups in total. The molecule has 2 heterocycles. The van der Waals surface area contributed by atoms with Crippen molar-refractivity contribution in [1.29, 1.82) is 5.26 Å². The van der Waals surface area contributed by atoms with Gasteiger partial charge in [-0.25, -0.2) is 14.8 Å². The minimum atomic E-state index is -4.79. The van der Waals surface area contributed by atoms with Gasteiger partial charge in [0.2, 0.25) is 11.7 Å². The van der Waals surface area contributed by atoms with Crippen LogP contribution in [-0.2, 0) is 28.7 Å². The van der Waals surface area contributed by atoms with Crippen LogP contribution in [-0.4, -0.2) is 46.7 Å². The number of anilines is 1. The summed E-state index contributed by atoms with van der Waals surface area (Å²) in [6.45, 7) is 6.14. The van der Waals surface area contributed by atoms with E-state index in [0.717, 1.165) is 11.1 Å². The van der Waals surface area contributed by atoms with E-state index in [1.165, 1.54) is 6.07 Å². The number of carbonyl (C=O) groups is 2. The zero-order valence-corrected chi connectivity index (χ0v) is 24.2. The van der Waals surface area contributed by atoms with E-state index in [9.17, 15) is 22.8 Å². The third-order valence-corrected chi connectivity index (χ3v) is 6.70. The lowest BCUT2D eigenvalue weighted by Crippen LogP contribution is -2.44. The molecule has 1 atom stereocenters. The Kier molecular flexibility index (Phi) is 9.53. The predicted molar refractivity (Wildman–Crippen MR) is 154 cm³/mol. The van der Waals surface area contributed by atoms with Crippen LogP contribution in [0.1, 0.15) is 56.1 Å². The molecule has 0 saturated carbocycles. The second-order valence-corrected chi connectivity index (χ2v) is 11.2. The molecule has 3 aromatic rings. The molecule has 1 aromatic heterocycles. The number of nitrogens with one attached hydrogen (secondary N) is 2. The number of aromatic nitrogens is 2. The van der Waals surface area contributed by atoms with Crippen LogP contribution in [0.5, 0.6) is 0 Å². The molecule has 226 valence electrons. The molecule has 2 amide bonds. The number of amides is 2. The lowest BCUT2D eigenvalue weighted by Gasteiger charge is -2.26. The molecule has 1 unspecified atom stereocenters. The van der Waals surface area contributed by atoms with Gasteiger partial charge in [-0.3, -0.25) is 4.79 Å². The van der Waals surface area contributed by atoms with Gasteiger partial charge in [0.1, 0.15) is 17.5 Å². The largest absolute Gasteiger partial charge is 0.451 e. The van der Waals surface area contributed by atoms with Crippen LogP contribution in [0, 0.1) is 11.3 Å². The highest BCUT2D eigenvalue weighted by atomic mass is 19.4. The number of alkyl halides is 3. The van der Waals surface area contributed by atoms with Gasteiger partial charge in [0.25, 0.3) is 0 Å². The van der Waals surface area contributed by atoms with Gasteiger partial charge in [0.15, 0.2) is 0 Å². The molecule has 0 spiro atoms. The molecule has 43 heavy (non-hydrogen) atoms. The summed E-state index contributed by atoms with van der Waals surface area (Å²) in [5.74, 6) is -1.55. The monoisotopic (exact) mass is 594 g/mol. The van der Waals surface area contributed by atoms with Crippen molar-refractivity contribution in [3.05, 3.63) is 77.1 Å². The molecule has 0 aliphatic carbocycles. The molecule has 0 bridgehead atoms.